The third kappa shape index (κ3) is 2.80. The van der Waals surface area contributed by atoms with Crippen molar-refractivity contribution >= 4 is 5.69 Å². The van der Waals surface area contributed by atoms with Crippen LogP contribution in [-0.2, 0) is 0 Å². The minimum Gasteiger partial charge on any atom is -0.381 e. The van der Waals surface area contributed by atoms with Crippen molar-refractivity contribution in [3.63, 3.8) is 0 Å². The van der Waals surface area contributed by atoms with E-state index in [1.165, 1.54) is 32.0 Å². The van der Waals surface area contributed by atoms with E-state index in [1.807, 2.05) is 18.3 Å². The standard InChI is InChI=1S/C14H20N6/c15-7-11-3-1-2-4-13(11)19-12-5-6-14(17-8-12)20-10-16-9-18-20/h5-6,8-11,13,19H,1-4,7,15H2. The van der Waals surface area contributed by atoms with E-state index < -0.39 is 0 Å². The van der Waals surface area contributed by atoms with E-state index in [0.717, 1.165) is 18.1 Å². The highest BCUT2D eigenvalue weighted by molar-refractivity contribution is 5.44. The van der Waals surface area contributed by atoms with Gasteiger partial charge in [0, 0.05) is 6.04 Å². The lowest BCUT2D eigenvalue weighted by Gasteiger charge is -2.32. The third-order valence-corrected chi connectivity index (χ3v) is 3.97. The van der Waals surface area contributed by atoms with Crippen LogP contribution in [0.1, 0.15) is 25.7 Å². The van der Waals surface area contributed by atoms with Crippen LogP contribution in [-0.4, -0.2) is 32.3 Å². The zero-order chi connectivity index (χ0) is 13.8. The molecule has 0 radical (unpaired) electrons. The molecule has 0 aromatic carbocycles. The number of aromatic nitrogens is 4. The second-order valence-electron chi connectivity index (χ2n) is 5.28. The van der Waals surface area contributed by atoms with Crippen molar-refractivity contribution in [1.82, 2.24) is 19.7 Å². The number of nitrogens with two attached hydrogens (primary N) is 1. The first-order valence-corrected chi connectivity index (χ1v) is 7.14. The van der Waals surface area contributed by atoms with Crippen LogP contribution >= 0.6 is 0 Å². The van der Waals surface area contributed by atoms with Crippen molar-refractivity contribution in [1.29, 1.82) is 0 Å². The number of nitrogens with zero attached hydrogens (tertiary/aromatic N) is 4. The van der Waals surface area contributed by atoms with Gasteiger partial charge in [-0.3, -0.25) is 0 Å². The van der Waals surface area contributed by atoms with Crippen LogP contribution in [0.3, 0.4) is 0 Å². The van der Waals surface area contributed by atoms with Gasteiger partial charge < -0.3 is 11.1 Å². The molecule has 6 heteroatoms. The number of pyridine rings is 1. The van der Waals surface area contributed by atoms with Crippen LogP contribution in [0.25, 0.3) is 5.82 Å². The topological polar surface area (TPSA) is 81.6 Å². The molecule has 1 aliphatic carbocycles. The summed E-state index contributed by atoms with van der Waals surface area (Å²) in [5.41, 5.74) is 6.90. The highest BCUT2D eigenvalue weighted by Crippen LogP contribution is 2.26. The predicted octanol–water partition coefficient (Wildman–Crippen LogP) is 1.59. The zero-order valence-electron chi connectivity index (χ0n) is 11.4. The Hall–Kier alpha value is -1.95. The van der Waals surface area contributed by atoms with E-state index in [4.69, 9.17) is 5.73 Å². The summed E-state index contributed by atoms with van der Waals surface area (Å²) < 4.78 is 1.65. The summed E-state index contributed by atoms with van der Waals surface area (Å²) in [5.74, 6) is 1.34. The molecule has 2 aromatic rings. The molecule has 0 aliphatic heterocycles. The first-order valence-electron chi connectivity index (χ1n) is 7.14. The molecule has 3 N–H and O–H groups in total. The van der Waals surface area contributed by atoms with Gasteiger partial charge in [-0.2, -0.15) is 5.10 Å². The molecule has 106 valence electrons. The lowest BCUT2D eigenvalue weighted by Crippen LogP contribution is -2.36. The summed E-state index contributed by atoms with van der Waals surface area (Å²) in [6.45, 7) is 0.752. The smallest absolute Gasteiger partial charge is 0.155 e. The maximum Gasteiger partial charge on any atom is 0.155 e. The first kappa shape index (κ1) is 13.1. The number of rotatable bonds is 4. The molecule has 3 rings (SSSR count). The van der Waals surface area contributed by atoms with Gasteiger partial charge in [0.15, 0.2) is 5.82 Å². The van der Waals surface area contributed by atoms with Crippen LogP contribution < -0.4 is 11.1 Å². The van der Waals surface area contributed by atoms with Crippen molar-refractivity contribution in [2.24, 2.45) is 11.7 Å². The highest BCUT2D eigenvalue weighted by atomic mass is 15.3. The average molecular weight is 272 g/mol. The summed E-state index contributed by atoms with van der Waals surface area (Å²) in [4.78, 5) is 8.32. The Morgan fingerprint density at radius 2 is 2.20 bits per heavy atom. The minimum absolute atomic E-state index is 0.466. The van der Waals surface area contributed by atoms with E-state index >= 15 is 0 Å². The summed E-state index contributed by atoms with van der Waals surface area (Å²) in [7, 11) is 0. The fourth-order valence-corrected chi connectivity index (χ4v) is 2.83. The second-order valence-corrected chi connectivity index (χ2v) is 5.28. The SMILES string of the molecule is NCC1CCCCC1Nc1ccc(-n2cncn2)nc1. The first-order chi connectivity index (χ1) is 9.86. The molecular weight excluding hydrogens is 252 g/mol. The number of anilines is 1. The van der Waals surface area contributed by atoms with E-state index in [0.29, 0.717) is 12.0 Å². The molecular formula is C14H20N6. The monoisotopic (exact) mass is 272 g/mol. The van der Waals surface area contributed by atoms with Crippen molar-refractivity contribution in [3.05, 3.63) is 31.0 Å². The van der Waals surface area contributed by atoms with E-state index in [2.05, 4.69) is 20.4 Å². The van der Waals surface area contributed by atoms with Crippen molar-refractivity contribution < 1.29 is 0 Å². The third-order valence-electron chi connectivity index (χ3n) is 3.97. The Labute approximate surface area is 118 Å². The van der Waals surface area contributed by atoms with Crippen LogP contribution in [0.4, 0.5) is 5.69 Å². The number of hydrogen-bond donors (Lipinski definition) is 2. The van der Waals surface area contributed by atoms with E-state index in [1.54, 1.807) is 11.0 Å². The molecule has 1 fully saturated rings. The lowest BCUT2D eigenvalue weighted by atomic mass is 9.84. The van der Waals surface area contributed by atoms with Gasteiger partial charge in [-0.05, 0) is 37.4 Å². The second kappa shape index (κ2) is 6.00. The summed E-state index contributed by atoms with van der Waals surface area (Å²) in [6.07, 6.45) is 9.97. The van der Waals surface area contributed by atoms with Gasteiger partial charge in [0.2, 0.25) is 0 Å². The Kier molecular flexibility index (Phi) is 3.92. The van der Waals surface area contributed by atoms with Crippen LogP contribution in [0, 0.1) is 5.92 Å². The Morgan fingerprint density at radius 1 is 1.30 bits per heavy atom. The molecule has 2 unspecified atom stereocenters. The van der Waals surface area contributed by atoms with Gasteiger partial charge in [0.25, 0.3) is 0 Å². The molecule has 1 aliphatic rings. The summed E-state index contributed by atoms with van der Waals surface area (Å²) >= 11 is 0. The minimum atomic E-state index is 0.466. The van der Waals surface area contributed by atoms with Crippen LogP contribution in [0.5, 0.6) is 0 Å². The van der Waals surface area contributed by atoms with E-state index in [9.17, 15) is 0 Å². The van der Waals surface area contributed by atoms with Gasteiger partial charge in [-0.15, -0.1) is 0 Å². The Bertz CT molecular complexity index is 521. The molecule has 0 spiro atoms. The largest absolute Gasteiger partial charge is 0.381 e. The maximum absolute atomic E-state index is 5.86. The number of hydrogen-bond acceptors (Lipinski definition) is 5. The van der Waals surface area contributed by atoms with E-state index in [-0.39, 0.29) is 0 Å². The van der Waals surface area contributed by atoms with Gasteiger partial charge in [0.05, 0.1) is 11.9 Å². The lowest BCUT2D eigenvalue weighted by molar-refractivity contribution is 0.332. The number of nitrogens with one attached hydrogen (secondary N) is 1. The average Bonchev–Trinajstić information content (AvgIpc) is 3.03. The van der Waals surface area contributed by atoms with Gasteiger partial charge in [-0.1, -0.05) is 12.8 Å². The molecule has 2 heterocycles. The molecule has 0 saturated heterocycles. The van der Waals surface area contributed by atoms with Gasteiger partial charge in [-0.25, -0.2) is 14.6 Å². The van der Waals surface area contributed by atoms with Crippen molar-refractivity contribution in [2.45, 2.75) is 31.7 Å². The van der Waals surface area contributed by atoms with Gasteiger partial charge >= 0.3 is 0 Å². The Balaban J connectivity index is 1.68. The molecule has 6 nitrogen and oxygen atoms in total. The summed E-state index contributed by atoms with van der Waals surface area (Å²) in [5, 5.41) is 7.63. The van der Waals surface area contributed by atoms with Crippen molar-refractivity contribution in [2.75, 3.05) is 11.9 Å². The fraction of sp³-hybridized carbons (Fsp3) is 0.500. The molecule has 1 saturated carbocycles. The van der Waals surface area contributed by atoms with Gasteiger partial charge in [0.1, 0.15) is 12.7 Å². The summed E-state index contributed by atoms with van der Waals surface area (Å²) in [6, 6.07) is 4.44. The maximum atomic E-state index is 5.86. The quantitative estimate of drug-likeness (QED) is 0.883. The molecule has 20 heavy (non-hydrogen) atoms. The molecule has 0 bridgehead atoms. The highest BCUT2D eigenvalue weighted by Gasteiger charge is 2.23. The molecule has 2 atom stereocenters. The normalized spacial score (nSPS) is 22.6. The van der Waals surface area contributed by atoms with Crippen LogP contribution in [0.15, 0.2) is 31.0 Å². The predicted molar refractivity (Wildman–Crippen MR) is 77.6 cm³/mol. The zero-order valence-corrected chi connectivity index (χ0v) is 11.4. The fourth-order valence-electron chi connectivity index (χ4n) is 2.83. The molecule has 0 amide bonds. The molecule has 2 aromatic heterocycles. The Morgan fingerprint density at radius 3 is 2.90 bits per heavy atom. The van der Waals surface area contributed by atoms with Crippen LogP contribution in [0.2, 0.25) is 0 Å². The van der Waals surface area contributed by atoms with Crippen molar-refractivity contribution in [3.8, 4) is 5.82 Å².